The van der Waals surface area contributed by atoms with E-state index in [1.165, 1.54) is 25.9 Å². The summed E-state index contributed by atoms with van der Waals surface area (Å²) in [6, 6.07) is 4.52. The van der Waals surface area contributed by atoms with Crippen LogP contribution >= 0.6 is 12.2 Å². The van der Waals surface area contributed by atoms with E-state index in [0.717, 1.165) is 17.9 Å². The van der Waals surface area contributed by atoms with Crippen molar-refractivity contribution in [3.05, 3.63) is 23.9 Å². The Morgan fingerprint density at radius 3 is 2.63 bits per heavy atom. The third-order valence-electron chi connectivity index (χ3n) is 3.95. The Morgan fingerprint density at radius 1 is 1.47 bits per heavy atom. The molecule has 0 amide bonds. The van der Waals surface area contributed by atoms with Crippen molar-refractivity contribution in [1.82, 2.24) is 9.88 Å². The molecule has 1 aromatic rings. The van der Waals surface area contributed by atoms with E-state index >= 15 is 0 Å². The summed E-state index contributed by atoms with van der Waals surface area (Å²) in [6.45, 7) is 5.73. The van der Waals surface area contributed by atoms with Crippen LogP contribution in [0.4, 0.5) is 5.82 Å². The van der Waals surface area contributed by atoms with E-state index in [1.807, 2.05) is 12.1 Å². The van der Waals surface area contributed by atoms with Gasteiger partial charge >= 0.3 is 0 Å². The van der Waals surface area contributed by atoms with E-state index in [9.17, 15) is 0 Å². The second-order valence-corrected chi connectivity index (χ2v) is 5.49. The van der Waals surface area contributed by atoms with Crippen LogP contribution in [-0.2, 0) is 0 Å². The topological polar surface area (TPSA) is 45.4 Å². The van der Waals surface area contributed by atoms with Crippen molar-refractivity contribution in [2.45, 2.75) is 25.8 Å². The van der Waals surface area contributed by atoms with E-state index in [-0.39, 0.29) is 0 Å². The lowest BCUT2D eigenvalue weighted by molar-refractivity contribution is 0.220. The number of hydrogen-bond donors (Lipinski definition) is 1. The van der Waals surface area contributed by atoms with Gasteiger partial charge in [0, 0.05) is 37.9 Å². The molecule has 0 radical (unpaired) electrons. The van der Waals surface area contributed by atoms with Crippen LogP contribution in [0.2, 0.25) is 0 Å². The van der Waals surface area contributed by atoms with E-state index in [2.05, 4.69) is 28.8 Å². The van der Waals surface area contributed by atoms with Crippen LogP contribution in [-0.4, -0.2) is 47.6 Å². The molecule has 104 valence electrons. The van der Waals surface area contributed by atoms with Crippen LogP contribution in [0, 0.1) is 0 Å². The molecule has 2 rings (SSSR count). The predicted octanol–water partition coefficient (Wildman–Crippen LogP) is 1.64. The number of rotatable bonds is 4. The Bertz CT molecular complexity index is 424. The summed E-state index contributed by atoms with van der Waals surface area (Å²) in [6.07, 6.45) is 4.15. The van der Waals surface area contributed by atoms with Gasteiger partial charge in [0.15, 0.2) is 0 Å². The maximum atomic E-state index is 5.59. The largest absolute Gasteiger partial charge is 0.389 e. The zero-order chi connectivity index (χ0) is 13.8. The Morgan fingerprint density at radius 2 is 2.16 bits per heavy atom. The average Bonchev–Trinajstić information content (AvgIpc) is 2.46. The number of nitrogens with two attached hydrogens (primary N) is 1. The highest BCUT2D eigenvalue weighted by Crippen LogP contribution is 2.20. The van der Waals surface area contributed by atoms with Crippen molar-refractivity contribution >= 4 is 23.0 Å². The van der Waals surface area contributed by atoms with Gasteiger partial charge in [-0.3, -0.25) is 0 Å². The summed E-state index contributed by atoms with van der Waals surface area (Å²) in [4.78, 5) is 9.63. The lowest BCUT2D eigenvalue weighted by Crippen LogP contribution is -2.43. The number of aromatic nitrogens is 1. The summed E-state index contributed by atoms with van der Waals surface area (Å²) < 4.78 is 0. The smallest absolute Gasteiger partial charge is 0.128 e. The van der Waals surface area contributed by atoms with E-state index in [0.29, 0.717) is 11.0 Å². The molecule has 0 spiro atoms. The third kappa shape index (κ3) is 3.42. The van der Waals surface area contributed by atoms with Gasteiger partial charge in [0.05, 0.1) is 0 Å². The summed E-state index contributed by atoms with van der Waals surface area (Å²) in [5, 5.41) is 0. The van der Waals surface area contributed by atoms with Gasteiger partial charge in [0.25, 0.3) is 0 Å². The Balaban J connectivity index is 1.99. The fourth-order valence-electron chi connectivity index (χ4n) is 2.55. The minimum absolute atomic E-state index is 0.401. The molecule has 1 aromatic heterocycles. The molecule has 0 aliphatic carbocycles. The van der Waals surface area contributed by atoms with Gasteiger partial charge in [-0.15, -0.1) is 0 Å². The van der Waals surface area contributed by atoms with Gasteiger partial charge in [-0.1, -0.05) is 19.1 Å². The van der Waals surface area contributed by atoms with Gasteiger partial charge in [0.1, 0.15) is 10.8 Å². The number of anilines is 1. The molecule has 19 heavy (non-hydrogen) atoms. The fourth-order valence-corrected chi connectivity index (χ4v) is 2.67. The molecule has 1 saturated heterocycles. The molecular formula is C14H22N4S. The molecule has 2 heterocycles. The van der Waals surface area contributed by atoms with E-state index in [4.69, 9.17) is 18.0 Å². The maximum Gasteiger partial charge on any atom is 0.128 e. The monoisotopic (exact) mass is 278 g/mol. The van der Waals surface area contributed by atoms with Crippen LogP contribution in [0.3, 0.4) is 0 Å². The maximum absolute atomic E-state index is 5.59. The van der Waals surface area contributed by atoms with Gasteiger partial charge in [-0.25, -0.2) is 4.98 Å². The summed E-state index contributed by atoms with van der Waals surface area (Å²) in [5.74, 6) is 0.995. The number of thiocarbonyl (C=S) groups is 1. The van der Waals surface area contributed by atoms with Crippen LogP contribution in [0.15, 0.2) is 18.3 Å². The van der Waals surface area contributed by atoms with Crippen molar-refractivity contribution in [3.8, 4) is 0 Å². The molecule has 0 atom stereocenters. The van der Waals surface area contributed by atoms with Crippen molar-refractivity contribution in [2.75, 3.05) is 31.6 Å². The molecule has 4 nitrogen and oxygen atoms in total. The van der Waals surface area contributed by atoms with Crippen molar-refractivity contribution < 1.29 is 0 Å². The molecule has 0 aromatic carbocycles. The third-order valence-corrected chi connectivity index (χ3v) is 4.18. The number of pyridine rings is 1. The van der Waals surface area contributed by atoms with Crippen LogP contribution in [0.25, 0.3) is 0 Å². The van der Waals surface area contributed by atoms with Gasteiger partial charge in [0.2, 0.25) is 0 Å². The summed E-state index contributed by atoms with van der Waals surface area (Å²) in [5.41, 5.74) is 6.41. The second-order valence-electron chi connectivity index (χ2n) is 5.05. The molecule has 5 heteroatoms. The molecule has 2 N–H and O–H groups in total. The highest BCUT2D eigenvalue weighted by molar-refractivity contribution is 7.80. The summed E-state index contributed by atoms with van der Waals surface area (Å²) in [7, 11) is 2.12. The normalized spacial score (nSPS) is 17.4. The van der Waals surface area contributed by atoms with E-state index in [1.54, 1.807) is 6.20 Å². The first-order chi connectivity index (χ1) is 9.11. The highest BCUT2D eigenvalue weighted by atomic mass is 32.1. The van der Waals surface area contributed by atoms with Gasteiger partial charge in [-0.05, 0) is 31.5 Å². The van der Waals surface area contributed by atoms with Crippen LogP contribution < -0.4 is 10.6 Å². The van der Waals surface area contributed by atoms with Gasteiger partial charge < -0.3 is 15.5 Å². The minimum atomic E-state index is 0.401. The van der Waals surface area contributed by atoms with Crippen molar-refractivity contribution in [1.29, 1.82) is 0 Å². The van der Waals surface area contributed by atoms with Gasteiger partial charge in [-0.2, -0.15) is 0 Å². The quantitative estimate of drug-likeness (QED) is 0.848. The first-order valence-corrected chi connectivity index (χ1v) is 7.23. The zero-order valence-corrected chi connectivity index (χ0v) is 12.5. The number of likely N-dealkylation sites (tertiary alicyclic amines) is 1. The Hall–Kier alpha value is -1.20. The summed E-state index contributed by atoms with van der Waals surface area (Å²) >= 11 is 4.94. The second kappa shape index (κ2) is 6.30. The lowest BCUT2D eigenvalue weighted by atomic mass is 10.0. The fraction of sp³-hybridized carbons (Fsp3) is 0.571. The minimum Gasteiger partial charge on any atom is -0.389 e. The lowest BCUT2D eigenvalue weighted by Gasteiger charge is -2.36. The van der Waals surface area contributed by atoms with Crippen molar-refractivity contribution in [3.63, 3.8) is 0 Å². The molecule has 0 saturated carbocycles. The molecule has 0 unspecified atom stereocenters. The molecule has 1 aliphatic heterocycles. The zero-order valence-electron chi connectivity index (χ0n) is 11.7. The first-order valence-electron chi connectivity index (χ1n) is 6.83. The van der Waals surface area contributed by atoms with Crippen LogP contribution in [0.1, 0.15) is 25.3 Å². The molecule has 1 fully saturated rings. The standard InChI is InChI=1S/C14H22N4S/c1-3-18-8-6-12(7-9-18)17(2)13-5-4-11(10-16-13)14(15)19/h4-5,10,12H,3,6-9H2,1-2H3,(H2,15,19). The number of hydrogen-bond acceptors (Lipinski definition) is 4. The first kappa shape index (κ1) is 14.2. The highest BCUT2D eigenvalue weighted by Gasteiger charge is 2.22. The SMILES string of the molecule is CCN1CCC(N(C)c2ccc(C(N)=S)cn2)CC1. The number of nitrogens with zero attached hydrogens (tertiary/aromatic N) is 3. The Labute approximate surface area is 120 Å². The molecule has 1 aliphatic rings. The van der Waals surface area contributed by atoms with E-state index < -0.39 is 0 Å². The predicted molar refractivity (Wildman–Crippen MR) is 83.7 cm³/mol. The Kier molecular flexibility index (Phi) is 4.71. The number of piperidine rings is 1. The molecule has 0 bridgehead atoms. The van der Waals surface area contributed by atoms with Crippen LogP contribution in [0.5, 0.6) is 0 Å². The van der Waals surface area contributed by atoms with Crippen molar-refractivity contribution in [2.24, 2.45) is 5.73 Å². The molecular weight excluding hydrogens is 256 g/mol. The average molecular weight is 278 g/mol.